The number of nitro groups is 1. The third kappa shape index (κ3) is 4.04. The van der Waals surface area contributed by atoms with Crippen molar-refractivity contribution in [2.45, 2.75) is 0 Å². The zero-order valence-corrected chi connectivity index (χ0v) is 14.8. The summed E-state index contributed by atoms with van der Waals surface area (Å²) < 4.78 is 6.57. The first-order valence-electron chi connectivity index (χ1n) is 7.47. The van der Waals surface area contributed by atoms with Crippen LogP contribution in [0.1, 0.15) is 16.1 Å². The van der Waals surface area contributed by atoms with Gasteiger partial charge in [0.1, 0.15) is 11.5 Å². The number of nitro benzene ring substituents is 1. The van der Waals surface area contributed by atoms with Gasteiger partial charge in [-0.25, -0.2) is 5.43 Å². The van der Waals surface area contributed by atoms with Crippen molar-refractivity contribution in [3.05, 3.63) is 86.6 Å². The number of rotatable bonds is 5. The van der Waals surface area contributed by atoms with E-state index in [4.69, 9.17) is 4.42 Å². The van der Waals surface area contributed by atoms with Gasteiger partial charge in [0.15, 0.2) is 0 Å². The minimum absolute atomic E-state index is 0.143. The Kier molecular flexibility index (Phi) is 5.23. The zero-order valence-electron chi connectivity index (χ0n) is 13.3. The minimum atomic E-state index is -0.563. The van der Waals surface area contributed by atoms with Gasteiger partial charge in [-0.3, -0.25) is 14.9 Å². The summed E-state index contributed by atoms with van der Waals surface area (Å²) in [5.41, 5.74) is 3.19. The lowest BCUT2D eigenvalue weighted by molar-refractivity contribution is -0.384. The third-order valence-electron chi connectivity index (χ3n) is 3.44. The first-order valence-corrected chi connectivity index (χ1v) is 8.26. The first-order chi connectivity index (χ1) is 12.5. The first kappa shape index (κ1) is 17.6. The fourth-order valence-electron chi connectivity index (χ4n) is 2.21. The Morgan fingerprint density at radius 2 is 1.96 bits per heavy atom. The van der Waals surface area contributed by atoms with Crippen LogP contribution in [0.4, 0.5) is 5.69 Å². The molecule has 3 rings (SSSR count). The summed E-state index contributed by atoms with van der Waals surface area (Å²) in [6.07, 6.45) is 1.36. The summed E-state index contributed by atoms with van der Waals surface area (Å²) in [5.74, 6) is 0.557. The fraction of sp³-hybridized carbons (Fsp3) is 0. The highest BCUT2D eigenvalue weighted by atomic mass is 79.9. The highest BCUT2D eigenvalue weighted by Crippen LogP contribution is 2.28. The summed E-state index contributed by atoms with van der Waals surface area (Å²) in [6.45, 7) is 0. The van der Waals surface area contributed by atoms with E-state index in [0.29, 0.717) is 11.5 Å². The van der Waals surface area contributed by atoms with Gasteiger partial charge in [0.05, 0.1) is 11.1 Å². The maximum Gasteiger partial charge on any atom is 0.271 e. The number of carbonyl (C=O) groups excluding carboxylic acids is 1. The molecule has 0 fully saturated rings. The fourth-order valence-corrected chi connectivity index (χ4v) is 2.69. The van der Waals surface area contributed by atoms with Crippen molar-refractivity contribution in [2.24, 2.45) is 5.10 Å². The summed E-state index contributed by atoms with van der Waals surface area (Å²) in [6, 6.07) is 16.5. The number of carbonyl (C=O) groups is 1. The van der Waals surface area contributed by atoms with Crippen molar-refractivity contribution < 1.29 is 14.1 Å². The van der Waals surface area contributed by atoms with Gasteiger partial charge < -0.3 is 4.42 Å². The molecule has 1 N–H and O–H groups in total. The summed E-state index contributed by atoms with van der Waals surface area (Å²) >= 11 is 3.46. The number of furan rings is 1. The molecule has 1 heterocycles. The average Bonchev–Trinajstić information content (AvgIpc) is 3.10. The van der Waals surface area contributed by atoms with Gasteiger partial charge in [0.25, 0.3) is 11.6 Å². The quantitative estimate of drug-likeness (QED) is 0.381. The molecule has 2 aromatic carbocycles. The molecular formula is C18H12BrN3O4. The number of nitrogens with one attached hydrogen (secondary N) is 1. The van der Waals surface area contributed by atoms with E-state index in [-0.39, 0.29) is 11.3 Å². The number of hydrazone groups is 1. The van der Waals surface area contributed by atoms with E-state index in [1.807, 2.05) is 24.3 Å². The third-order valence-corrected chi connectivity index (χ3v) is 4.13. The predicted octanol–water partition coefficient (Wildman–Crippen LogP) is 4.38. The summed E-state index contributed by atoms with van der Waals surface area (Å²) in [5, 5.41) is 14.6. The number of amides is 1. The van der Waals surface area contributed by atoms with E-state index in [9.17, 15) is 14.9 Å². The number of non-ortho nitro benzene ring substituents is 1. The molecule has 26 heavy (non-hydrogen) atoms. The molecule has 0 spiro atoms. The van der Waals surface area contributed by atoms with E-state index >= 15 is 0 Å². The second kappa shape index (κ2) is 7.75. The van der Waals surface area contributed by atoms with Crippen molar-refractivity contribution in [3.63, 3.8) is 0 Å². The van der Waals surface area contributed by atoms with Gasteiger partial charge >= 0.3 is 0 Å². The van der Waals surface area contributed by atoms with Gasteiger partial charge in [-0.2, -0.15) is 5.10 Å². The highest BCUT2D eigenvalue weighted by molar-refractivity contribution is 9.10. The van der Waals surface area contributed by atoms with Crippen molar-refractivity contribution in [2.75, 3.05) is 0 Å². The van der Waals surface area contributed by atoms with Crippen molar-refractivity contribution in [3.8, 4) is 11.3 Å². The van der Waals surface area contributed by atoms with E-state index in [0.717, 1.165) is 10.0 Å². The number of halogens is 1. The van der Waals surface area contributed by atoms with Crippen LogP contribution in [0, 0.1) is 10.1 Å². The van der Waals surface area contributed by atoms with Crippen LogP contribution in [0.15, 0.2) is 74.7 Å². The molecule has 0 saturated heterocycles. The topological polar surface area (TPSA) is 97.7 Å². The standard InChI is InChI=1S/C18H12BrN3O4/c19-16-7-2-1-6-15(16)17-9-8-14(26-17)11-20-21-18(23)12-4-3-5-13(10-12)22(24)25/h1-11H,(H,21,23)/b20-11-. The number of benzene rings is 2. The largest absolute Gasteiger partial charge is 0.455 e. The molecular weight excluding hydrogens is 402 g/mol. The zero-order chi connectivity index (χ0) is 18.5. The minimum Gasteiger partial charge on any atom is -0.455 e. The SMILES string of the molecule is O=C(N/N=C\c1ccc(-c2ccccc2Br)o1)c1cccc([N+](=O)[O-])c1. The molecule has 0 unspecified atom stereocenters. The molecule has 0 bridgehead atoms. The Morgan fingerprint density at radius 3 is 2.73 bits per heavy atom. The van der Waals surface area contributed by atoms with Gasteiger partial charge in [-0.1, -0.05) is 40.2 Å². The van der Waals surface area contributed by atoms with Crippen LogP contribution in [0.5, 0.6) is 0 Å². The van der Waals surface area contributed by atoms with E-state index in [1.54, 1.807) is 12.1 Å². The van der Waals surface area contributed by atoms with Crippen molar-refractivity contribution >= 4 is 33.7 Å². The second-order valence-corrected chi connectivity index (χ2v) is 6.04. The Labute approximate surface area is 156 Å². The Bertz CT molecular complexity index is 997. The van der Waals surface area contributed by atoms with Crippen molar-refractivity contribution in [1.82, 2.24) is 5.43 Å². The average molecular weight is 414 g/mol. The van der Waals surface area contributed by atoms with E-state index in [2.05, 4.69) is 26.5 Å². The van der Waals surface area contributed by atoms with Crippen LogP contribution < -0.4 is 5.43 Å². The molecule has 0 aliphatic carbocycles. The maximum absolute atomic E-state index is 12.0. The van der Waals surface area contributed by atoms with Crippen LogP contribution in [0.3, 0.4) is 0 Å². The number of hydrogen-bond donors (Lipinski definition) is 1. The smallest absolute Gasteiger partial charge is 0.271 e. The molecule has 1 amide bonds. The monoisotopic (exact) mass is 413 g/mol. The lowest BCUT2D eigenvalue weighted by Gasteiger charge is -2.00. The molecule has 130 valence electrons. The number of nitrogens with zero attached hydrogens (tertiary/aromatic N) is 2. The Hall–Kier alpha value is -3.26. The second-order valence-electron chi connectivity index (χ2n) is 5.19. The van der Waals surface area contributed by atoms with Gasteiger partial charge in [-0.05, 0) is 24.3 Å². The van der Waals surface area contributed by atoms with E-state index < -0.39 is 10.8 Å². The molecule has 0 radical (unpaired) electrons. The van der Waals surface area contributed by atoms with Crippen LogP contribution in [-0.2, 0) is 0 Å². The van der Waals surface area contributed by atoms with Gasteiger partial charge in [0, 0.05) is 27.7 Å². The van der Waals surface area contributed by atoms with Gasteiger partial charge in [-0.15, -0.1) is 0 Å². The lowest BCUT2D eigenvalue weighted by atomic mass is 10.2. The molecule has 8 heteroatoms. The maximum atomic E-state index is 12.0. The number of hydrogen-bond acceptors (Lipinski definition) is 5. The molecule has 7 nitrogen and oxygen atoms in total. The van der Waals surface area contributed by atoms with Crippen LogP contribution in [0.2, 0.25) is 0 Å². The van der Waals surface area contributed by atoms with Gasteiger partial charge in [0.2, 0.25) is 0 Å². The Morgan fingerprint density at radius 1 is 1.15 bits per heavy atom. The van der Waals surface area contributed by atoms with Crippen molar-refractivity contribution in [1.29, 1.82) is 0 Å². The lowest BCUT2D eigenvalue weighted by Crippen LogP contribution is -2.17. The van der Waals surface area contributed by atoms with Crippen LogP contribution >= 0.6 is 15.9 Å². The van der Waals surface area contributed by atoms with Crippen LogP contribution in [-0.4, -0.2) is 17.0 Å². The Balaban J connectivity index is 1.68. The normalized spacial score (nSPS) is 10.8. The predicted molar refractivity (Wildman–Crippen MR) is 100 cm³/mol. The van der Waals surface area contributed by atoms with E-state index in [1.165, 1.54) is 30.5 Å². The molecule has 1 aromatic heterocycles. The summed E-state index contributed by atoms with van der Waals surface area (Å²) in [7, 11) is 0. The molecule has 0 aliphatic heterocycles. The van der Waals surface area contributed by atoms with Crippen LogP contribution in [0.25, 0.3) is 11.3 Å². The summed E-state index contributed by atoms with van der Waals surface area (Å²) in [4.78, 5) is 22.2. The molecule has 0 aliphatic rings. The molecule has 0 atom stereocenters. The highest BCUT2D eigenvalue weighted by Gasteiger charge is 2.11. The molecule has 0 saturated carbocycles. The molecule has 3 aromatic rings.